The Kier molecular flexibility index (Phi) is 7.91. The molecule has 0 aliphatic heterocycles. The lowest BCUT2D eigenvalue weighted by Crippen LogP contribution is -2.01. The minimum atomic E-state index is 0.558. The molecule has 0 saturated heterocycles. The summed E-state index contributed by atoms with van der Waals surface area (Å²) in [6.07, 6.45) is 6.67. The van der Waals surface area contributed by atoms with Crippen molar-refractivity contribution in [1.29, 1.82) is 0 Å². The number of fused-ring (bicyclic) bond motifs is 7. The minimum Gasteiger partial charge on any atom is -0.456 e. The van der Waals surface area contributed by atoms with Crippen LogP contribution in [-0.4, -0.2) is 15.0 Å². The van der Waals surface area contributed by atoms with Crippen LogP contribution in [0.3, 0.4) is 0 Å². The summed E-state index contributed by atoms with van der Waals surface area (Å²) in [5.41, 5.74) is 15.3. The molecule has 11 aromatic rings. The Labute approximate surface area is 346 Å². The average Bonchev–Trinajstić information content (AvgIpc) is 3.89. The van der Waals surface area contributed by atoms with Gasteiger partial charge >= 0.3 is 0 Å². The van der Waals surface area contributed by atoms with Crippen LogP contribution in [0, 0.1) is 0 Å². The van der Waals surface area contributed by atoms with E-state index in [1.165, 1.54) is 22.3 Å². The van der Waals surface area contributed by atoms with Crippen molar-refractivity contribution in [3.05, 3.63) is 193 Å². The smallest absolute Gasteiger partial charge is 0.164 e. The Hall–Kier alpha value is -7.89. The van der Waals surface area contributed by atoms with Crippen molar-refractivity contribution in [2.45, 2.75) is 12.8 Å². The zero-order chi connectivity index (χ0) is 39.6. The van der Waals surface area contributed by atoms with Gasteiger partial charge in [-0.05, 0) is 93.7 Å². The maximum absolute atomic E-state index is 6.58. The Bertz CT molecular complexity index is 3470. The number of benzene rings is 8. The van der Waals surface area contributed by atoms with Crippen LogP contribution in [0.1, 0.15) is 17.5 Å². The van der Waals surface area contributed by atoms with Gasteiger partial charge in [-0.2, -0.15) is 0 Å². The first-order chi connectivity index (χ1) is 29.7. The Morgan fingerprint density at radius 2 is 0.950 bits per heavy atom. The van der Waals surface area contributed by atoms with Crippen LogP contribution in [0.25, 0.3) is 117 Å². The molecule has 0 atom stereocenters. The minimum absolute atomic E-state index is 0.558. The summed E-state index contributed by atoms with van der Waals surface area (Å²) in [4.78, 5) is 15.8. The molecule has 8 aromatic carbocycles. The van der Waals surface area contributed by atoms with Crippen LogP contribution in [0.4, 0.5) is 0 Å². The lowest BCUT2D eigenvalue weighted by molar-refractivity contribution is 0.668. The Morgan fingerprint density at radius 3 is 1.77 bits per heavy atom. The molecule has 0 amide bonds. The molecule has 0 fully saturated rings. The Morgan fingerprint density at radius 1 is 0.367 bits per heavy atom. The third-order valence-electron chi connectivity index (χ3n) is 11.8. The fraction of sp³-hybridized carbons (Fsp3) is 0.0364. The monoisotopic (exact) mass is 769 g/mol. The zero-order valence-electron chi connectivity index (χ0n) is 32.5. The van der Waals surface area contributed by atoms with Crippen molar-refractivity contribution < 1.29 is 8.83 Å². The SMILES string of the molecule is C1=Cc2c(cccc2-c2ccc(-c3nc(-c4ccc5c(c4)oc4ccccc45)nc(-c4cc(-c5ccc(-c6ccccc6)cc5)cc5oc6ccccc6c45)n3)cc2)CC1. The van der Waals surface area contributed by atoms with Crippen molar-refractivity contribution >= 4 is 50.0 Å². The highest BCUT2D eigenvalue weighted by Crippen LogP contribution is 2.41. The van der Waals surface area contributed by atoms with Gasteiger partial charge in [0.1, 0.15) is 22.3 Å². The molecule has 0 spiro atoms. The number of furan rings is 2. The van der Waals surface area contributed by atoms with Gasteiger partial charge in [-0.3, -0.25) is 0 Å². The molecule has 0 bridgehead atoms. The van der Waals surface area contributed by atoms with Crippen LogP contribution < -0.4 is 0 Å². The molecule has 282 valence electrons. The summed E-state index contributed by atoms with van der Waals surface area (Å²) in [5, 5.41) is 4.10. The van der Waals surface area contributed by atoms with Crippen LogP contribution in [-0.2, 0) is 6.42 Å². The molecular weight excluding hydrogens is 735 g/mol. The van der Waals surface area contributed by atoms with E-state index in [1.807, 2.05) is 48.5 Å². The van der Waals surface area contributed by atoms with Gasteiger partial charge in [0.25, 0.3) is 0 Å². The molecule has 3 heterocycles. The highest BCUT2D eigenvalue weighted by atomic mass is 16.3. The predicted molar refractivity (Wildman–Crippen MR) is 244 cm³/mol. The first-order valence-corrected chi connectivity index (χ1v) is 20.4. The summed E-state index contributed by atoms with van der Waals surface area (Å²) in [6.45, 7) is 0. The van der Waals surface area contributed by atoms with Crippen LogP contribution >= 0.6 is 0 Å². The summed E-state index contributed by atoms with van der Waals surface area (Å²) >= 11 is 0. The fourth-order valence-corrected chi connectivity index (χ4v) is 8.82. The normalized spacial score (nSPS) is 12.5. The van der Waals surface area contributed by atoms with E-state index in [9.17, 15) is 0 Å². The topological polar surface area (TPSA) is 65.0 Å². The number of para-hydroxylation sites is 2. The number of allylic oxidation sites excluding steroid dienone is 1. The van der Waals surface area contributed by atoms with Gasteiger partial charge in [-0.25, -0.2) is 15.0 Å². The predicted octanol–water partition coefficient (Wildman–Crippen LogP) is 14.6. The number of hydrogen-bond acceptors (Lipinski definition) is 5. The number of rotatable bonds is 6. The lowest BCUT2D eigenvalue weighted by Gasteiger charge is -2.15. The summed E-state index contributed by atoms with van der Waals surface area (Å²) in [5.74, 6) is 1.70. The van der Waals surface area contributed by atoms with Gasteiger partial charge in [0.05, 0.1) is 0 Å². The second-order valence-corrected chi connectivity index (χ2v) is 15.5. The molecule has 1 aliphatic carbocycles. The number of aryl methyl sites for hydroxylation is 1. The largest absolute Gasteiger partial charge is 0.456 e. The maximum Gasteiger partial charge on any atom is 0.164 e. The Balaban J connectivity index is 1.05. The van der Waals surface area contributed by atoms with Crippen molar-refractivity contribution in [1.82, 2.24) is 15.0 Å². The van der Waals surface area contributed by atoms with Gasteiger partial charge < -0.3 is 8.83 Å². The van der Waals surface area contributed by atoms with E-state index < -0.39 is 0 Å². The third-order valence-corrected chi connectivity index (χ3v) is 11.8. The molecular formula is C55H35N3O2. The second-order valence-electron chi connectivity index (χ2n) is 15.5. The first kappa shape index (κ1) is 34.2. The van der Waals surface area contributed by atoms with Gasteiger partial charge in [0.2, 0.25) is 0 Å². The highest BCUT2D eigenvalue weighted by Gasteiger charge is 2.21. The van der Waals surface area contributed by atoms with Gasteiger partial charge in [-0.15, -0.1) is 0 Å². The third kappa shape index (κ3) is 5.82. The molecule has 12 rings (SSSR count). The van der Waals surface area contributed by atoms with E-state index >= 15 is 0 Å². The standard InChI is InChI=1S/C55H35N3O2/c1-2-11-34(12-3-1)35-21-23-36(24-22-35)41-31-47(52-46-17-7-9-20-49(46)60-51(52)33-41)55-57-53(39-27-25-38(26-28-39)43-18-10-14-37-13-4-5-15-42(37)43)56-54(58-55)40-29-30-45-44-16-6-8-19-48(44)59-50(45)32-40/h1-3,5-12,14-33H,4,13H2. The highest BCUT2D eigenvalue weighted by molar-refractivity contribution is 6.13. The second kappa shape index (κ2) is 13.9. The van der Waals surface area contributed by atoms with Gasteiger partial charge in [0, 0.05) is 38.2 Å². The molecule has 0 unspecified atom stereocenters. The van der Waals surface area contributed by atoms with Crippen LogP contribution in [0.15, 0.2) is 191 Å². The van der Waals surface area contributed by atoms with Crippen molar-refractivity contribution in [3.63, 3.8) is 0 Å². The van der Waals surface area contributed by atoms with E-state index in [-0.39, 0.29) is 0 Å². The molecule has 0 radical (unpaired) electrons. The summed E-state index contributed by atoms with van der Waals surface area (Å²) in [6, 6.07) is 61.2. The summed E-state index contributed by atoms with van der Waals surface area (Å²) < 4.78 is 12.9. The van der Waals surface area contributed by atoms with E-state index in [0.29, 0.717) is 17.5 Å². The molecule has 1 aliphatic rings. The number of aromatic nitrogens is 3. The molecule has 0 saturated carbocycles. The van der Waals surface area contributed by atoms with Gasteiger partial charge in [-0.1, -0.05) is 152 Å². The van der Waals surface area contributed by atoms with Crippen molar-refractivity contribution in [2.24, 2.45) is 0 Å². The number of hydrogen-bond donors (Lipinski definition) is 0. The molecule has 0 N–H and O–H groups in total. The van der Waals surface area contributed by atoms with Crippen LogP contribution in [0.2, 0.25) is 0 Å². The lowest BCUT2D eigenvalue weighted by atomic mass is 9.90. The summed E-state index contributed by atoms with van der Waals surface area (Å²) in [7, 11) is 0. The van der Waals surface area contributed by atoms with E-state index in [0.717, 1.165) is 95.7 Å². The van der Waals surface area contributed by atoms with E-state index in [1.54, 1.807) is 0 Å². The maximum atomic E-state index is 6.58. The molecule has 5 heteroatoms. The number of nitrogens with zero attached hydrogens (tertiary/aromatic N) is 3. The van der Waals surface area contributed by atoms with Crippen molar-refractivity contribution in [3.8, 4) is 67.5 Å². The van der Waals surface area contributed by atoms with Gasteiger partial charge in [0.15, 0.2) is 17.5 Å². The zero-order valence-corrected chi connectivity index (χ0v) is 32.5. The van der Waals surface area contributed by atoms with E-state index in [4.69, 9.17) is 23.8 Å². The fourth-order valence-electron chi connectivity index (χ4n) is 8.82. The molecule has 3 aromatic heterocycles. The van der Waals surface area contributed by atoms with Crippen LogP contribution in [0.5, 0.6) is 0 Å². The van der Waals surface area contributed by atoms with Crippen molar-refractivity contribution in [2.75, 3.05) is 0 Å². The molecule has 5 nitrogen and oxygen atoms in total. The quantitative estimate of drug-likeness (QED) is 0.168. The first-order valence-electron chi connectivity index (χ1n) is 20.4. The van der Waals surface area contributed by atoms with E-state index in [2.05, 4.69) is 140 Å². The molecule has 60 heavy (non-hydrogen) atoms. The average molecular weight is 770 g/mol.